The van der Waals surface area contributed by atoms with E-state index in [-0.39, 0.29) is 11.7 Å². The SMILES string of the molecule is CCc1nc(-c2ccccc2)nc(N2CCN(C(=O)c3ccc(F)cc3)CC2)c1Cc1cccc(OC)c1. The first-order valence-corrected chi connectivity index (χ1v) is 12.9. The number of nitrogens with zero attached hydrogens (tertiary/aromatic N) is 4. The number of carbonyl (C=O) groups excluding carboxylic acids is 1. The molecular weight excluding hydrogens is 479 g/mol. The summed E-state index contributed by atoms with van der Waals surface area (Å²) in [7, 11) is 1.67. The third-order valence-electron chi connectivity index (χ3n) is 6.91. The van der Waals surface area contributed by atoms with E-state index in [1.165, 1.54) is 12.1 Å². The van der Waals surface area contributed by atoms with Crippen LogP contribution in [0.15, 0.2) is 78.9 Å². The van der Waals surface area contributed by atoms with E-state index >= 15 is 0 Å². The minimum Gasteiger partial charge on any atom is -0.497 e. The normalized spacial score (nSPS) is 13.4. The van der Waals surface area contributed by atoms with Crippen LogP contribution in [0.25, 0.3) is 11.4 Å². The van der Waals surface area contributed by atoms with Crippen molar-refractivity contribution in [3.05, 3.63) is 107 Å². The quantitative estimate of drug-likeness (QED) is 0.333. The molecule has 1 amide bonds. The van der Waals surface area contributed by atoms with Crippen molar-refractivity contribution in [1.29, 1.82) is 0 Å². The van der Waals surface area contributed by atoms with E-state index in [1.807, 2.05) is 53.4 Å². The van der Waals surface area contributed by atoms with Crippen LogP contribution >= 0.6 is 0 Å². The second kappa shape index (κ2) is 11.4. The van der Waals surface area contributed by atoms with Crippen molar-refractivity contribution in [3.63, 3.8) is 0 Å². The molecule has 2 heterocycles. The fourth-order valence-electron chi connectivity index (χ4n) is 4.85. The largest absolute Gasteiger partial charge is 0.497 e. The number of aryl methyl sites for hydroxylation is 1. The van der Waals surface area contributed by atoms with E-state index in [0.717, 1.165) is 40.4 Å². The summed E-state index contributed by atoms with van der Waals surface area (Å²) in [6, 6.07) is 23.8. The van der Waals surface area contributed by atoms with Gasteiger partial charge < -0.3 is 14.5 Å². The first-order chi connectivity index (χ1) is 18.6. The van der Waals surface area contributed by atoms with Crippen molar-refractivity contribution in [1.82, 2.24) is 14.9 Å². The molecule has 194 valence electrons. The Morgan fingerprint density at radius 3 is 2.34 bits per heavy atom. The summed E-state index contributed by atoms with van der Waals surface area (Å²) in [5.41, 5.74) is 4.71. The average molecular weight is 511 g/mol. The van der Waals surface area contributed by atoms with Crippen LogP contribution in [0.1, 0.15) is 34.1 Å². The highest BCUT2D eigenvalue weighted by molar-refractivity contribution is 5.94. The molecule has 0 radical (unpaired) electrons. The molecule has 0 aliphatic carbocycles. The number of ether oxygens (including phenoxy) is 1. The second-order valence-corrected chi connectivity index (χ2v) is 9.33. The molecule has 0 unspecified atom stereocenters. The first kappa shape index (κ1) is 25.4. The monoisotopic (exact) mass is 510 g/mol. The summed E-state index contributed by atoms with van der Waals surface area (Å²) in [6.07, 6.45) is 1.46. The van der Waals surface area contributed by atoms with Gasteiger partial charge in [0.05, 0.1) is 7.11 Å². The zero-order valence-corrected chi connectivity index (χ0v) is 21.7. The minimum atomic E-state index is -0.348. The molecule has 5 rings (SSSR count). The van der Waals surface area contributed by atoms with E-state index in [4.69, 9.17) is 14.7 Å². The van der Waals surface area contributed by atoms with Crippen LogP contribution in [0.4, 0.5) is 10.2 Å². The first-order valence-electron chi connectivity index (χ1n) is 12.9. The molecule has 1 saturated heterocycles. The molecule has 0 saturated carbocycles. The Labute approximate surface area is 222 Å². The van der Waals surface area contributed by atoms with E-state index < -0.39 is 0 Å². The number of aromatic nitrogens is 2. The smallest absolute Gasteiger partial charge is 0.253 e. The highest BCUT2D eigenvalue weighted by Gasteiger charge is 2.26. The van der Waals surface area contributed by atoms with Gasteiger partial charge >= 0.3 is 0 Å². The Kier molecular flexibility index (Phi) is 7.63. The lowest BCUT2D eigenvalue weighted by Crippen LogP contribution is -2.49. The molecule has 0 atom stereocenters. The van der Waals surface area contributed by atoms with Crippen LogP contribution in [0.5, 0.6) is 5.75 Å². The van der Waals surface area contributed by atoms with Gasteiger partial charge in [0.2, 0.25) is 0 Å². The lowest BCUT2D eigenvalue weighted by Gasteiger charge is -2.36. The number of amides is 1. The van der Waals surface area contributed by atoms with Gasteiger partial charge in [0.25, 0.3) is 5.91 Å². The van der Waals surface area contributed by atoms with Gasteiger partial charge in [-0.05, 0) is 48.4 Å². The number of halogens is 1. The van der Waals surface area contributed by atoms with Crippen LogP contribution in [-0.4, -0.2) is 54.1 Å². The van der Waals surface area contributed by atoms with E-state index in [2.05, 4.69) is 17.9 Å². The Morgan fingerprint density at radius 1 is 0.921 bits per heavy atom. The number of carbonyl (C=O) groups is 1. The molecule has 1 aliphatic rings. The standard InChI is InChI=1S/C31H31FN4O2/c1-3-28-27(21-22-8-7-11-26(20-22)38-2)30(34-29(33-28)23-9-5-4-6-10-23)35-16-18-36(19-17-35)31(37)24-12-14-25(32)15-13-24/h4-15,20H,3,16-19,21H2,1-2H3. The van der Waals surface area contributed by atoms with Crippen molar-refractivity contribution in [2.75, 3.05) is 38.2 Å². The van der Waals surface area contributed by atoms with Gasteiger partial charge in [0, 0.05) is 55.0 Å². The van der Waals surface area contributed by atoms with Crippen molar-refractivity contribution in [3.8, 4) is 17.1 Å². The maximum absolute atomic E-state index is 13.3. The predicted molar refractivity (Wildman–Crippen MR) is 147 cm³/mol. The highest BCUT2D eigenvalue weighted by Crippen LogP contribution is 2.30. The lowest BCUT2D eigenvalue weighted by atomic mass is 10.0. The highest BCUT2D eigenvalue weighted by atomic mass is 19.1. The van der Waals surface area contributed by atoms with Crippen LogP contribution in [0.2, 0.25) is 0 Å². The predicted octanol–water partition coefficient (Wildman–Crippen LogP) is 5.41. The minimum absolute atomic E-state index is 0.0804. The summed E-state index contributed by atoms with van der Waals surface area (Å²) in [5.74, 6) is 2.00. The molecule has 7 heteroatoms. The molecule has 1 aromatic heterocycles. The Hall–Kier alpha value is -4.26. The molecule has 1 fully saturated rings. The molecular formula is C31H31FN4O2. The molecule has 0 bridgehead atoms. The summed E-state index contributed by atoms with van der Waals surface area (Å²) in [4.78, 5) is 27.2. The third-order valence-corrected chi connectivity index (χ3v) is 6.91. The second-order valence-electron chi connectivity index (χ2n) is 9.33. The Morgan fingerprint density at radius 2 is 1.66 bits per heavy atom. The summed E-state index contributed by atoms with van der Waals surface area (Å²) < 4.78 is 18.8. The zero-order chi connectivity index (χ0) is 26.5. The van der Waals surface area contributed by atoms with Crippen LogP contribution in [0.3, 0.4) is 0 Å². The van der Waals surface area contributed by atoms with E-state index in [1.54, 1.807) is 19.2 Å². The van der Waals surface area contributed by atoms with E-state index in [9.17, 15) is 9.18 Å². The number of benzene rings is 3. The number of hydrogen-bond donors (Lipinski definition) is 0. The molecule has 0 spiro atoms. The topological polar surface area (TPSA) is 58.6 Å². The summed E-state index contributed by atoms with van der Waals surface area (Å²) in [6.45, 7) is 4.52. The molecule has 1 aliphatic heterocycles. The van der Waals surface area contributed by atoms with Gasteiger partial charge in [0.15, 0.2) is 5.82 Å². The zero-order valence-electron chi connectivity index (χ0n) is 21.7. The van der Waals surface area contributed by atoms with Gasteiger partial charge in [0.1, 0.15) is 17.4 Å². The van der Waals surface area contributed by atoms with Crippen LogP contribution in [0, 0.1) is 5.82 Å². The van der Waals surface area contributed by atoms with Gasteiger partial charge in [-0.25, -0.2) is 14.4 Å². The fraction of sp³-hybridized carbons (Fsp3) is 0.258. The van der Waals surface area contributed by atoms with Crippen molar-refractivity contribution < 1.29 is 13.9 Å². The third kappa shape index (κ3) is 5.52. The van der Waals surface area contributed by atoms with Crippen molar-refractivity contribution in [2.24, 2.45) is 0 Å². The van der Waals surface area contributed by atoms with E-state index in [0.29, 0.717) is 44.0 Å². The maximum atomic E-state index is 13.3. The van der Waals surface area contributed by atoms with Crippen LogP contribution < -0.4 is 9.64 Å². The molecule has 4 aromatic rings. The number of methoxy groups -OCH3 is 1. The number of hydrogen-bond acceptors (Lipinski definition) is 5. The molecule has 3 aromatic carbocycles. The number of piperazine rings is 1. The fourth-order valence-corrected chi connectivity index (χ4v) is 4.85. The van der Waals surface area contributed by atoms with Gasteiger partial charge in [-0.3, -0.25) is 4.79 Å². The number of rotatable bonds is 7. The lowest BCUT2D eigenvalue weighted by molar-refractivity contribution is 0.0746. The maximum Gasteiger partial charge on any atom is 0.253 e. The Bertz CT molecular complexity index is 1400. The summed E-state index contributed by atoms with van der Waals surface area (Å²) >= 11 is 0. The molecule has 6 nitrogen and oxygen atoms in total. The summed E-state index contributed by atoms with van der Waals surface area (Å²) in [5, 5.41) is 0. The van der Waals surface area contributed by atoms with Crippen molar-refractivity contribution in [2.45, 2.75) is 19.8 Å². The van der Waals surface area contributed by atoms with Gasteiger partial charge in [-0.1, -0.05) is 49.4 Å². The molecule has 38 heavy (non-hydrogen) atoms. The number of anilines is 1. The Balaban J connectivity index is 1.47. The van der Waals surface area contributed by atoms with Gasteiger partial charge in [-0.15, -0.1) is 0 Å². The average Bonchev–Trinajstić information content (AvgIpc) is 2.98. The van der Waals surface area contributed by atoms with Crippen LogP contribution in [-0.2, 0) is 12.8 Å². The van der Waals surface area contributed by atoms with Gasteiger partial charge in [-0.2, -0.15) is 0 Å². The van der Waals surface area contributed by atoms with Crippen molar-refractivity contribution >= 4 is 11.7 Å². The molecule has 0 N–H and O–H groups in total.